The molecule has 7 heteroatoms. The second-order valence-corrected chi connectivity index (χ2v) is 7.63. The van der Waals surface area contributed by atoms with E-state index >= 15 is 0 Å². The van der Waals surface area contributed by atoms with Gasteiger partial charge in [0.1, 0.15) is 10.7 Å². The minimum Gasteiger partial charge on any atom is -0.376 e. The van der Waals surface area contributed by atoms with Crippen LogP contribution in [0.1, 0.15) is 35.6 Å². The van der Waals surface area contributed by atoms with Crippen LogP contribution in [0.4, 0.5) is 0 Å². The number of nitrogens with zero attached hydrogens (tertiary/aromatic N) is 4. The molecule has 6 nitrogen and oxygen atoms in total. The molecular weight excluding hydrogens is 348 g/mol. The topological polar surface area (TPSA) is 61.4 Å². The standard InChI is InChI=1S/C19H22N4O2S/c1-12-9-15(13(2)22(12)11-16-5-4-7-25-16)10-20-23-14(3)21-18-17(19(23)24)6-8-26-18/h6,8-10,16H,4-5,7,11H2,1-3H3/b20-10-/t16-/m0/s1. The lowest BCUT2D eigenvalue weighted by atomic mass is 10.2. The zero-order chi connectivity index (χ0) is 18.3. The van der Waals surface area contributed by atoms with Gasteiger partial charge in [-0.15, -0.1) is 11.3 Å². The van der Waals surface area contributed by atoms with Gasteiger partial charge in [-0.2, -0.15) is 9.78 Å². The maximum absolute atomic E-state index is 12.6. The van der Waals surface area contributed by atoms with Crippen molar-refractivity contribution >= 4 is 27.8 Å². The Hall–Kier alpha value is -2.25. The molecule has 1 atom stereocenters. The van der Waals surface area contributed by atoms with Gasteiger partial charge in [0.05, 0.1) is 17.7 Å². The van der Waals surface area contributed by atoms with Crippen LogP contribution in [0.15, 0.2) is 27.4 Å². The van der Waals surface area contributed by atoms with Crippen molar-refractivity contribution in [2.75, 3.05) is 6.61 Å². The van der Waals surface area contributed by atoms with Gasteiger partial charge in [-0.05, 0) is 51.1 Å². The molecule has 1 aliphatic rings. The van der Waals surface area contributed by atoms with Crippen LogP contribution in [-0.4, -0.2) is 33.2 Å². The van der Waals surface area contributed by atoms with Crippen LogP contribution < -0.4 is 5.56 Å². The summed E-state index contributed by atoms with van der Waals surface area (Å²) in [6.07, 6.45) is 4.29. The zero-order valence-corrected chi connectivity index (χ0v) is 16.0. The molecule has 1 saturated heterocycles. The minimum atomic E-state index is -0.127. The van der Waals surface area contributed by atoms with Crippen LogP contribution in [0.5, 0.6) is 0 Å². The van der Waals surface area contributed by atoms with Crippen LogP contribution >= 0.6 is 11.3 Å². The van der Waals surface area contributed by atoms with Gasteiger partial charge < -0.3 is 9.30 Å². The molecule has 4 heterocycles. The maximum Gasteiger partial charge on any atom is 0.282 e. The number of hydrogen-bond donors (Lipinski definition) is 0. The van der Waals surface area contributed by atoms with E-state index < -0.39 is 0 Å². The Labute approximate surface area is 155 Å². The van der Waals surface area contributed by atoms with Crippen LogP contribution in [-0.2, 0) is 11.3 Å². The van der Waals surface area contributed by atoms with Crippen molar-refractivity contribution in [2.24, 2.45) is 5.10 Å². The Morgan fingerprint density at radius 2 is 2.27 bits per heavy atom. The van der Waals surface area contributed by atoms with Gasteiger partial charge in [0.2, 0.25) is 0 Å². The third kappa shape index (κ3) is 3.01. The molecule has 0 spiro atoms. The zero-order valence-electron chi connectivity index (χ0n) is 15.2. The number of aryl methyl sites for hydroxylation is 2. The number of rotatable bonds is 4. The van der Waals surface area contributed by atoms with Gasteiger partial charge in [0.15, 0.2) is 0 Å². The van der Waals surface area contributed by atoms with E-state index in [0.29, 0.717) is 17.3 Å². The van der Waals surface area contributed by atoms with Crippen LogP contribution in [0, 0.1) is 20.8 Å². The van der Waals surface area contributed by atoms with Crippen molar-refractivity contribution < 1.29 is 4.74 Å². The first-order valence-electron chi connectivity index (χ1n) is 8.84. The van der Waals surface area contributed by atoms with E-state index in [1.807, 2.05) is 5.38 Å². The lowest BCUT2D eigenvalue weighted by Crippen LogP contribution is -2.20. The van der Waals surface area contributed by atoms with Gasteiger partial charge in [-0.25, -0.2) is 4.98 Å². The fourth-order valence-electron chi connectivity index (χ4n) is 3.49. The summed E-state index contributed by atoms with van der Waals surface area (Å²) in [5.41, 5.74) is 3.20. The molecule has 3 aromatic heterocycles. The Kier molecular flexibility index (Phi) is 4.50. The average Bonchev–Trinajstić information content (AvgIpc) is 3.33. The van der Waals surface area contributed by atoms with E-state index in [9.17, 15) is 4.79 Å². The molecule has 0 amide bonds. The van der Waals surface area contributed by atoms with Crippen LogP contribution in [0.25, 0.3) is 10.2 Å². The molecule has 0 N–H and O–H groups in total. The van der Waals surface area contributed by atoms with E-state index in [1.54, 1.807) is 19.2 Å². The van der Waals surface area contributed by atoms with E-state index in [-0.39, 0.29) is 5.56 Å². The molecule has 0 aromatic carbocycles. The van der Waals surface area contributed by atoms with Crippen LogP contribution in [0.3, 0.4) is 0 Å². The largest absolute Gasteiger partial charge is 0.376 e. The molecular formula is C19H22N4O2S. The number of ether oxygens (including phenoxy) is 1. The Morgan fingerprint density at radius 3 is 3.04 bits per heavy atom. The van der Waals surface area contributed by atoms with Crippen molar-refractivity contribution in [3.8, 4) is 0 Å². The maximum atomic E-state index is 12.6. The molecule has 0 radical (unpaired) electrons. The lowest BCUT2D eigenvalue weighted by Gasteiger charge is -2.14. The number of thiophene rings is 1. The Bertz CT molecular complexity index is 1040. The first kappa shape index (κ1) is 17.2. The van der Waals surface area contributed by atoms with Gasteiger partial charge in [0, 0.05) is 30.1 Å². The highest BCUT2D eigenvalue weighted by Crippen LogP contribution is 2.20. The summed E-state index contributed by atoms with van der Waals surface area (Å²) in [6, 6.07) is 3.90. The third-order valence-electron chi connectivity index (χ3n) is 4.97. The molecule has 0 bridgehead atoms. The lowest BCUT2D eigenvalue weighted by molar-refractivity contribution is 0.0962. The SMILES string of the molecule is Cc1cc(/C=N\n2c(C)nc3sccc3c2=O)c(C)n1C[C@@H]1CCCO1. The third-order valence-corrected chi connectivity index (χ3v) is 5.78. The predicted molar refractivity (Wildman–Crippen MR) is 104 cm³/mol. The van der Waals surface area contributed by atoms with Crippen molar-refractivity contribution in [3.63, 3.8) is 0 Å². The molecule has 0 unspecified atom stereocenters. The van der Waals surface area contributed by atoms with Gasteiger partial charge in [-0.3, -0.25) is 4.79 Å². The highest BCUT2D eigenvalue weighted by atomic mass is 32.1. The van der Waals surface area contributed by atoms with Crippen molar-refractivity contribution in [2.45, 2.75) is 46.3 Å². The van der Waals surface area contributed by atoms with Crippen LogP contribution in [0.2, 0.25) is 0 Å². The highest BCUT2D eigenvalue weighted by molar-refractivity contribution is 7.16. The number of fused-ring (bicyclic) bond motifs is 1. The summed E-state index contributed by atoms with van der Waals surface area (Å²) in [4.78, 5) is 17.8. The van der Waals surface area contributed by atoms with Crippen molar-refractivity contribution in [1.29, 1.82) is 0 Å². The smallest absolute Gasteiger partial charge is 0.282 e. The van der Waals surface area contributed by atoms with Gasteiger partial charge in [-0.1, -0.05) is 0 Å². The molecule has 0 aliphatic carbocycles. The Balaban J connectivity index is 1.66. The molecule has 26 heavy (non-hydrogen) atoms. The molecule has 136 valence electrons. The fourth-order valence-corrected chi connectivity index (χ4v) is 4.29. The van der Waals surface area contributed by atoms with Gasteiger partial charge in [0.25, 0.3) is 5.56 Å². The minimum absolute atomic E-state index is 0.127. The molecule has 1 fully saturated rings. The fraction of sp³-hybridized carbons (Fsp3) is 0.421. The molecule has 1 aliphatic heterocycles. The summed E-state index contributed by atoms with van der Waals surface area (Å²) in [5, 5.41) is 6.92. The second kappa shape index (κ2) is 6.81. The monoisotopic (exact) mass is 370 g/mol. The molecule has 4 rings (SSSR count). The first-order chi connectivity index (χ1) is 12.5. The second-order valence-electron chi connectivity index (χ2n) is 6.73. The summed E-state index contributed by atoms with van der Waals surface area (Å²) in [5.74, 6) is 0.592. The van der Waals surface area contributed by atoms with Crippen molar-refractivity contribution in [1.82, 2.24) is 14.2 Å². The predicted octanol–water partition coefficient (Wildman–Crippen LogP) is 3.25. The molecule has 3 aromatic rings. The molecule has 0 saturated carbocycles. The number of hydrogen-bond acceptors (Lipinski definition) is 5. The summed E-state index contributed by atoms with van der Waals surface area (Å²) < 4.78 is 9.41. The van der Waals surface area contributed by atoms with E-state index in [2.05, 4.69) is 34.6 Å². The summed E-state index contributed by atoms with van der Waals surface area (Å²) in [7, 11) is 0. The quantitative estimate of drug-likeness (QED) is 0.663. The Morgan fingerprint density at radius 1 is 1.42 bits per heavy atom. The highest BCUT2D eigenvalue weighted by Gasteiger charge is 2.18. The van der Waals surface area contributed by atoms with E-state index in [0.717, 1.165) is 42.1 Å². The van der Waals surface area contributed by atoms with Crippen molar-refractivity contribution in [3.05, 3.63) is 50.6 Å². The number of aromatic nitrogens is 3. The summed E-state index contributed by atoms with van der Waals surface area (Å²) in [6.45, 7) is 7.71. The van der Waals surface area contributed by atoms with Gasteiger partial charge >= 0.3 is 0 Å². The van der Waals surface area contributed by atoms with E-state index in [1.165, 1.54) is 21.7 Å². The summed E-state index contributed by atoms with van der Waals surface area (Å²) >= 11 is 1.47. The first-order valence-corrected chi connectivity index (χ1v) is 9.72. The van der Waals surface area contributed by atoms with E-state index in [4.69, 9.17) is 4.74 Å². The normalized spacial score (nSPS) is 17.7. The average molecular weight is 370 g/mol.